The first-order valence-electron chi connectivity index (χ1n) is 37.5. The number of hydrogen-bond acceptors (Lipinski definition) is 6. The molecule has 0 aromatic heterocycles. The lowest BCUT2D eigenvalue weighted by atomic mass is 9.68. The topological polar surface area (TPSA) is 71.1 Å². The molecule has 0 amide bonds. The smallest absolute Gasteiger partial charge is 0.343 e. The molecule has 4 aliphatic carbocycles. The molecule has 4 aliphatic rings. The first kappa shape index (κ1) is 66.8. The van der Waals surface area contributed by atoms with Crippen molar-refractivity contribution in [3.8, 4) is 56.4 Å². The van der Waals surface area contributed by atoms with Crippen molar-refractivity contribution in [2.75, 3.05) is 13.2 Å². The number of carbonyl (C=O) groups is 2. The Hall–Kier alpha value is -7.18. The van der Waals surface area contributed by atoms with Crippen LogP contribution in [0, 0.1) is 35.5 Å². The predicted molar refractivity (Wildman–Crippen MR) is 390 cm³/mol. The van der Waals surface area contributed by atoms with Crippen molar-refractivity contribution in [2.24, 2.45) is 35.5 Å². The van der Waals surface area contributed by atoms with Gasteiger partial charge in [0.25, 0.3) is 0 Å². The van der Waals surface area contributed by atoms with E-state index in [2.05, 4.69) is 100 Å². The van der Waals surface area contributed by atoms with E-state index in [0.717, 1.165) is 115 Å². The van der Waals surface area contributed by atoms with Crippen LogP contribution in [0.5, 0.6) is 23.0 Å². The van der Waals surface area contributed by atoms with E-state index in [1.165, 1.54) is 178 Å². The zero-order valence-corrected chi connectivity index (χ0v) is 57.3. The third-order valence-electron chi connectivity index (χ3n) is 22.8. The van der Waals surface area contributed by atoms with E-state index in [-0.39, 0.29) is 0 Å². The number of hydrogen-bond donors (Lipinski definition) is 0. The highest BCUT2D eigenvalue weighted by molar-refractivity contribution is 6.11. The molecule has 8 aromatic rings. The van der Waals surface area contributed by atoms with Gasteiger partial charge in [-0.25, -0.2) is 9.59 Å². The lowest BCUT2D eigenvalue weighted by Gasteiger charge is -2.38. The highest BCUT2D eigenvalue weighted by Gasteiger charge is 2.34. The SMILES string of the molecule is CCCCCCOc1ccc(-c2ccc(C(=O)Oc3ccc4cc(C5CCC(C6CCC(CCC)CC6)CC5)ccc4c3-c3c(OC(=O)c4ccc(-c5ccc(OCCCCCC)cc5)cc4)ccc4cc(C5CCC(C6CCC(CCC)CC6)CC5)ccc34)cc2)cc1. The molecule has 0 heterocycles. The molecule has 0 N–H and O–H groups in total. The Morgan fingerprint density at radius 3 is 1.02 bits per heavy atom. The number of benzene rings is 8. The van der Waals surface area contributed by atoms with Crippen LogP contribution in [-0.2, 0) is 0 Å². The molecule has 94 heavy (non-hydrogen) atoms. The summed E-state index contributed by atoms with van der Waals surface area (Å²) in [4.78, 5) is 29.6. The van der Waals surface area contributed by atoms with E-state index >= 15 is 0 Å². The molecule has 0 saturated heterocycles. The number of esters is 2. The van der Waals surface area contributed by atoms with Crippen molar-refractivity contribution in [3.05, 3.63) is 180 Å². The summed E-state index contributed by atoms with van der Waals surface area (Å²) < 4.78 is 25.6. The zero-order valence-electron chi connectivity index (χ0n) is 57.3. The quantitative estimate of drug-likeness (QED) is 0.0290. The largest absolute Gasteiger partial charge is 0.494 e. The molecule has 6 heteroatoms. The van der Waals surface area contributed by atoms with Crippen LogP contribution >= 0.6 is 0 Å². The van der Waals surface area contributed by atoms with Crippen LogP contribution in [-0.4, -0.2) is 25.2 Å². The summed E-state index contributed by atoms with van der Waals surface area (Å²) in [6.07, 6.45) is 36.0. The van der Waals surface area contributed by atoms with Gasteiger partial charge in [0.1, 0.15) is 23.0 Å². The average Bonchev–Trinajstić information content (AvgIpc) is 0.750. The Kier molecular flexibility index (Phi) is 23.4. The molecule has 12 rings (SSSR count). The molecule has 0 aliphatic heterocycles. The molecule has 494 valence electrons. The normalized spacial score (nSPS) is 21.6. The molecule has 0 bridgehead atoms. The first-order chi connectivity index (χ1) is 46.2. The van der Waals surface area contributed by atoms with E-state index < -0.39 is 11.9 Å². The van der Waals surface area contributed by atoms with Gasteiger partial charge in [0.15, 0.2) is 0 Å². The summed E-state index contributed by atoms with van der Waals surface area (Å²) in [5.41, 5.74) is 9.19. The summed E-state index contributed by atoms with van der Waals surface area (Å²) in [6.45, 7) is 10.6. The van der Waals surface area contributed by atoms with Crippen LogP contribution in [0.1, 0.15) is 251 Å². The predicted octanol–water partition coefficient (Wildman–Crippen LogP) is 25.1. The molecule has 4 fully saturated rings. The summed E-state index contributed by atoms with van der Waals surface area (Å²) in [5.74, 6) is 7.91. The number of unbranched alkanes of at least 4 members (excludes halogenated alkanes) is 6. The molecule has 6 nitrogen and oxygen atoms in total. The maximum atomic E-state index is 14.8. The Labute approximate surface area is 563 Å². The zero-order chi connectivity index (χ0) is 64.6. The van der Waals surface area contributed by atoms with Crippen molar-refractivity contribution in [1.29, 1.82) is 0 Å². The van der Waals surface area contributed by atoms with Gasteiger partial charge in [0.05, 0.1) is 24.3 Å². The van der Waals surface area contributed by atoms with E-state index in [9.17, 15) is 9.59 Å². The van der Waals surface area contributed by atoms with Crippen LogP contribution in [0.25, 0.3) is 54.9 Å². The summed E-state index contributed by atoms with van der Waals surface area (Å²) in [7, 11) is 0. The van der Waals surface area contributed by atoms with E-state index in [1.54, 1.807) is 0 Å². The third kappa shape index (κ3) is 16.7. The van der Waals surface area contributed by atoms with Gasteiger partial charge >= 0.3 is 11.9 Å². The number of rotatable bonds is 27. The van der Waals surface area contributed by atoms with Gasteiger partial charge in [0, 0.05) is 11.1 Å². The summed E-state index contributed by atoms with van der Waals surface area (Å²) >= 11 is 0. The number of ether oxygens (including phenoxy) is 4. The third-order valence-corrected chi connectivity index (χ3v) is 22.8. The van der Waals surface area contributed by atoms with Crippen LogP contribution in [0.15, 0.2) is 158 Å². The van der Waals surface area contributed by atoms with E-state index in [0.29, 0.717) is 47.7 Å². The van der Waals surface area contributed by atoms with Gasteiger partial charge in [0.2, 0.25) is 0 Å². The fraction of sp³-hybridized carbons (Fsp3) is 0.477. The monoisotopic (exact) mass is 1260 g/mol. The minimum atomic E-state index is -0.457. The Morgan fingerprint density at radius 2 is 0.681 bits per heavy atom. The Morgan fingerprint density at radius 1 is 0.340 bits per heavy atom. The van der Waals surface area contributed by atoms with Gasteiger partial charge in [-0.1, -0.05) is 215 Å². The number of fused-ring (bicyclic) bond motifs is 2. The highest BCUT2D eigenvalue weighted by Crippen LogP contribution is 2.51. The van der Waals surface area contributed by atoms with Crippen molar-refractivity contribution in [2.45, 2.75) is 219 Å². The Balaban J connectivity index is 0.865. The molecule has 0 spiro atoms. The summed E-state index contributed by atoms with van der Waals surface area (Å²) in [6, 6.07) is 54.0. The van der Waals surface area contributed by atoms with Crippen molar-refractivity contribution in [1.82, 2.24) is 0 Å². The fourth-order valence-corrected chi connectivity index (χ4v) is 17.3. The second kappa shape index (κ2) is 33.0. The van der Waals surface area contributed by atoms with Gasteiger partial charge in [-0.15, -0.1) is 0 Å². The maximum absolute atomic E-state index is 14.8. The molecule has 0 radical (unpaired) electrons. The van der Waals surface area contributed by atoms with Crippen molar-refractivity contribution in [3.63, 3.8) is 0 Å². The highest BCUT2D eigenvalue weighted by atomic mass is 16.5. The van der Waals surface area contributed by atoms with Crippen LogP contribution in [0.4, 0.5) is 0 Å². The van der Waals surface area contributed by atoms with Crippen molar-refractivity contribution >= 4 is 33.5 Å². The number of carbonyl (C=O) groups excluding carboxylic acids is 2. The summed E-state index contributed by atoms with van der Waals surface area (Å²) in [5, 5.41) is 4.04. The second-order valence-electron chi connectivity index (χ2n) is 29.0. The minimum absolute atomic E-state index is 0.418. The molecule has 4 saturated carbocycles. The molecule has 0 unspecified atom stereocenters. The molecule has 0 atom stereocenters. The van der Waals surface area contributed by atoms with Gasteiger partial charge in [-0.2, -0.15) is 0 Å². The van der Waals surface area contributed by atoms with Gasteiger partial charge < -0.3 is 18.9 Å². The second-order valence-corrected chi connectivity index (χ2v) is 29.0. The molecular formula is C88H106O6. The van der Waals surface area contributed by atoms with Crippen LogP contribution < -0.4 is 18.9 Å². The molecule has 8 aromatic carbocycles. The average molecular weight is 1260 g/mol. The minimum Gasteiger partial charge on any atom is -0.494 e. The van der Waals surface area contributed by atoms with Gasteiger partial charge in [-0.05, 0) is 253 Å². The molecular weight excluding hydrogens is 1150 g/mol. The van der Waals surface area contributed by atoms with Crippen molar-refractivity contribution < 1.29 is 28.5 Å². The Bertz CT molecular complexity index is 3450. The standard InChI is InChI=1S/C88H106O6/c1-5-9-11-13-57-91-79-49-41-69(42-50-79)67-33-37-73(38-34-67)87(89)93-83-55-47-77-59-75(71-29-25-65(26-30-71)63-21-17-61(15-7-3)18-22-63)45-53-81(77)85(83)86-82-54-46-76(72-31-27-66(28-32-72)64-23-19-62(16-8-4)20-24-64)60-78(82)48-56-84(86)94-88(90)74-39-35-68(36-40-74)70-43-51-80(52-44-70)92-58-14-12-10-6-2/h33-56,59-66,71-72H,5-32,57-58H2,1-4H3. The van der Waals surface area contributed by atoms with Gasteiger partial charge in [-0.3, -0.25) is 0 Å². The van der Waals surface area contributed by atoms with E-state index in [1.807, 2.05) is 84.9 Å². The first-order valence-corrected chi connectivity index (χ1v) is 37.5. The lowest BCUT2D eigenvalue weighted by Crippen LogP contribution is -2.25. The fourth-order valence-electron chi connectivity index (χ4n) is 17.3. The van der Waals surface area contributed by atoms with E-state index in [4.69, 9.17) is 18.9 Å². The van der Waals surface area contributed by atoms with Crippen LogP contribution in [0.3, 0.4) is 0 Å². The lowest BCUT2D eigenvalue weighted by molar-refractivity contribution is 0.0723. The maximum Gasteiger partial charge on any atom is 0.343 e. The van der Waals surface area contributed by atoms with Crippen LogP contribution in [0.2, 0.25) is 0 Å².